The van der Waals surface area contributed by atoms with E-state index in [1.165, 1.54) is 11.3 Å². The summed E-state index contributed by atoms with van der Waals surface area (Å²) < 4.78 is 0.700. The van der Waals surface area contributed by atoms with E-state index >= 15 is 0 Å². The number of hydrogen-bond donors (Lipinski definition) is 3. The van der Waals surface area contributed by atoms with Gasteiger partial charge in [0.15, 0.2) is 6.54 Å². The first-order valence-electron chi connectivity index (χ1n) is 7.63. The van der Waals surface area contributed by atoms with E-state index in [1.807, 2.05) is 6.07 Å². The van der Waals surface area contributed by atoms with E-state index in [0.717, 1.165) is 13.1 Å². The molecule has 0 saturated carbocycles. The molecule has 1 aliphatic rings. The van der Waals surface area contributed by atoms with Crippen molar-refractivity contribution in [3.05, 3.63) is 34.3 Å². The molecule has 1 heterocycles. The molecule has 3 atom stereocenters. The van der Waals surface area contributed by atoms with Crippen molar-refractivity contribution in [1.29, 1.82) is 0 Å². The summed E-state index contributed by atoms with van der Waals surface area (Å²) in [4.78, 5) is 25.3. The maximum absolute atomic E-state index is 12.0. The molecular weight excluding hydrogens is 346 g/mol. The van der Waals surface area contributed by atoms with Gasteiger partial charge in [-0.05, 0) is 34.5 Å². The molecule has 0 spiro atoms. The Labute approximate surface area is 139 Å². The number of carbonyl (C=O) groups is 2. The Hall–Kier alpha value is -1.40. The lowest BCUT2D eigenvalue weighted by atomic mass is 9.92. The normalized spacial score (nSPS) is 24.6. The van der Waals surface area contributed by atoms with Crippen molar-refractivity contribution in [3.63, 3.8) is 0 Å². The second-order valence-electron chi connectivity index (χ2n) is 6.26. The molecule has 22 heavy (non-hydrogen) atoms. The molecule has 1 fully saturated rings. The Balaban J connectivity index is 1.80. The summed E-state index contributed by atoms with van der Waals surface area (Å²) in [6.45, 7) is 6.86. The van der Waals surface area contributed by atoms with Gasteiger partial charge in [0, 0.05) is 16.3 Å². The summed E-state index contributed by atoms with van der Waals surface area (Å²) in [7, 11) is 0. The van der Waals surface area contributed by atoms with Gasteiger partial charge in [0.1, 0.15) is 0 Å². The van der Waals surface area contributed by atoms with Crippen molar-refractivity contribution in [2.45, 2.75) is 20.3 Å². The lowest BCUT2D eigenvalue weighted by Crippen LogP contribution is -3.15. The number of likely N-dealkylation sites (tertiary alicyclic amines) is 1. The van der Waals surface area contributed by atoms with Crippen LogP contribution < -0.4 is 15.8 Å². The molecule has 0 aromatic heterocycles. The number of quaternary nitrogens is 1. The number of benzene rings is 1. The number of rotatable bonds is 3. The summed E-state index contributed by atoms with van der Waals surface area (Å²) >= 11 is 3.32. The maximum Gasteiger partial charge on any atom is 0.293 e. The predicted octanol–water partition coefficient (Wildman–Crippen LogP) is 0.771. The third-order valence-corrected chi connectivity index (χ3v) is 4.62. The number of hydrogen-bond acceptors (Lipinski definition) is 2. The molecule has 1 saturated heterocycles. The van der Waals surface area contributed by atoms with Gasteiger partial charge in [0.05, 0.1) is 18.7 Å². The first kappa shape index (κ1) is 17.0. The smallest absolute Gasteiger partial charge is 0.293 e. The summed E-state index contributed by atoms with van der Waals surface area (Å²) in [5.74, 6) is 0.802. The summed E-state index contributed by atoms with van der Waals surface area (Å²) in [5.41, 5.74) is 5.47. The average molecular weight is 369 g/mol. The fraction of sp³-hybridized carbons (Fsp3) is 0.500. The summed E-state index contributed by atoms with van der Waals surface area (Å²) in [5, 5.41) is 0. The van der Waals surface area contributed by atoms with E-state index < -0.39 is 0 Å². The third kappa shape index (κ3) is 4.81. The van der Waals surface area contributed by atoms with Gasteiger partial charge in [0.25, 0.3) is 11.8 Å². The number of halogens is 1. The van der Waals surface area contributed by atoms with Crippen LogP contribution in [0.3, 0.4) is 0 Å². The molecule has 6 heteroatoms. The van der Waals surface area contributed by atoms with Crippen molar-refractivity contribution in [2.24, 2.45) is 11.8 Å². The van der Waals surface area contributed by atoms with Crippen molar-refractivity contribution in [3.8, 4) is 0 Å². The van der Waals surface area contributed by atoms with Gasteiger partial charge in [0.2, 0.25) is 0 Å². The minimum atomic E-state index is -0.323. The van der Waals surface area contributed by atoms with E-state index in [4.69, 9.17) is 0 Å². The predicted molar refractivity (Wildman–Crippen MR) is 88.3 cm³/mol. The van der Waals surface area contributed by atoms with Crippen LogP contribution in [0.1, 0.15) is 30.6 Å². The molecule has 120 valence electrons. The molecule has 1 aromatic carbocycles. The highest BCUT2D eigenvalue weighted by atomic mass is 79.9. The number of nitrogens with one attached hydrogen (secondary N) is 3. The number of amides is 2. The number of piperidine rings is 1. The van der Waals surface area contributed by atoms with Crippen molar-refractivity contribution >= 4 is 27.7 Å². The van der Waals surface area contributed by atoms with Gasteiger partial charge in [-0.15, -0.1) is 0 Å². The molecule has 0 radical (unpaired) electrons. The van der Waals surface area contributed by atoms with Gasteiger partial charge in [-0.2, -0.15) is 0 Å². The van der Waals surface area contributed by atoms with E-state index in [1.54, 1.807) is 18.2 Å². The molecule has 2 rings (SSSR count). The standard InChI is InChI=1S/C16H22BrN3O2/c1-11-7-12(2)9-20(8-11)10-15(21)18-19-16(22)13-5-3-4-6-14(13)17/h3-6,11-12H,7-10H2,1-2H3,(H,18,21)(H,19,22)/p+1/t11-,12+. The second kappa shape index (κ2) is 7.74. The topological polar surface area (TPSA) is 62.6 Å². The maximum atomic E-state index is 12.0. The highest BCUT2D eigenvalue weighted by Gasteiger charge is 2.26. The van der Waals surface area contributed by atoms with Crippen LogP contribution in [0.5, 0.6) is 0 Å². The van der Waals surface area contributed by atoms with Crippen LogP contribution in [0.25, 0.3) is 0 Å². The Morgan fingerprint density at radius 2 is 1.82 bits per heavy atom. The van der Waals surface area contributed by atoms with Crippen LogP contribution in [0, 0.1) is 11.8 Å². The van der Waals surface area contributed by atoms with Crippen LogP contribution in [0.15, 0.2) is 28.7 Å². The van der Waals surface area contributed by atoms with Crippen LogP contribution in [-0.4, -0.2) is 31.4 Å². The van der Waals surface area contributed by atoms with Crippen molar-refractivity contribution in [2.75, 3.05) is 19.6 Å². The van der Waals surface area contributed by atoms with Crippen LogP contribution in [0.4, 0.5) is 0 Å². The van der Waals surface area contributed by atoms with Crippen molar-refractivity contribution < 1.29 is 14.5 Å². The average Bonchev–Trinajstić information content (AvgIpc) is 2.44. The number of hydrazine groups is 1. The van der Waals surface area contributed by atoms with Gasteiger partial charge in [-0.1, -0.05) is 26.0 Å². The first-order chi connectivity index (χ1) is 10.5. The van der Waals surface area contributed by atoms with E-state index in [-0.39, 0.29) is 11.8 Å². The summed E-state index contributed by atoms with van der Waals surface area (Å²) in [6.07, 6.45) is 1.23. The monoisotopic (exact) mass is 368 g/mol. The molecule has 0 aliphatic carbocycles. The van der Waals surface area contributed by atoms with Crippen LogP contribution >= 0.6 is 15.9 Å². The molecule has 1 unspecified atom stereocenters. The lowest BCUT2D eigenvalue weighted by Gasteiger charge is -2.31. The van der Waals surface area contributed by atoms with Crippen LogP contribution in [0.2, 0.25) is 0 Å². The first-order valence-corrected chi connectivity index (χ1v) is 8.42. The lowest BCUT2D eigenvalue weighted by molar-refractivity contribution is -0.904. The molecule has 0 bridgehead atoms. The zero-order valence-corrected chi connectivity index (χ0v) is 14.6. The zero-order valence-electron chi connectivity index (χ0n) is 13.0. The van der Waals surface area contributed by atoms with Crippen molar-refractivity contribution in [1.82, 2.24) is 10.9 Å². The fourth-order valence-electron chi connectivity index (χ4n) is 3.18. The molecule has 5 nitrogen and oxygen atoms in total. The SMILES string of the molecule is C[C@@H]1C[C@H](C)C[NH+](CC(=O)NNC(=O)c2ccccc2Br)C1. The molecule has 1 aromatic rings. The van der Waals surface area contributed by atoms with Gasteiger partial charge >= 0.3 is 0 Å². The van der Waals surface area contributed by atoms with E-state index in [9.17, 15) is 9.59 Å². The van der Waals surface area contributed by atoms with Gasteiger partial charge in [-0.25, -0.2) is 0 Å². The summed E-state index contributed by atoms with van der Waals surface area (Å²) in [6, 6.07) is 7.10. The Morgan fingerprint density at radius 3 is 2.45 bits per heavy atom. The van der Waals surface area contributed by atoms with Gasteiger partial charge in [-0.3, -0.25) is 20.4 Å². The number of carbonyl (C=O) groups excluding carboxylic acids is 2. The Kier molecular flexibility index (Phi) is 5.97. The Bertz CT molecular complexity index is 540. The van der Waals surface area contributed by atoms with Crippen LogP contribution in [-0.2, 0) is 4.79 Å². The second-order valence-corrected chi connectivity index (χ2v) is 7.12. The molecule has 2 amide bonds. The molecule has 3 N–H and O–H groups in total. The minimum Gasteiger partial charge on any atom is -0.327 e. The third-order valence-electron chi connectivity index (χ3n) is 3.92. The molecular formula is C16H23BrN3O2+. The van der Waals surface area contributed by atoms with E-state index in [0.29, 0.717) is 28.4 Å². The quantitative estimate of drug-likeness (QED) is 0.690. The highest BCUT2D eigenvalue weighted by molar-refractivity contribution is 9.10. The molecule has 1 aliphatic heterocycles. The minimum absolute atomic E-state index is 0.156. The zero-order chi connectivity index (χ0) is 16.1. The van der Waals surface area contributed by atoms with E-state index in [2.05, 4.69) is 40.6 Å². The highest BCUT2D eigenvalue weighted by Crippen LogP contribution is 2.15. The fourth-order valence-corrected chi connectivity index (χ4v) is 3.64. The Morgan fingerprint density at radius 1 is 1.18 bits per heavy atom. The largest absolute Gasteiger partial charge is 0.327 e. The van der Waals surface area contributed by atoms with Gasteiger partial charge < -0.3 is 4.90 Å².